The maximum Gasteiger partial charge on any atom is 0.272 e. The topological polar surface area (TPSA) is 86.2 Å². The van der Waals surface area contributed by atoms with Crippen molar-refractivity contribution < 1.29 is 9.13 Å². The summed E-state index contributed by atoms with van der Waals surface area (Å²) in [4.78, 5) is 10.3. The van der Waals surface area contributed by atoms with Crippen molar-refractivity contribution in [3.05, 3.63) is 39.4 Å². The molecule has 0 spiro atoms. The minimum atomic E-state index is -1.08. The molecule has 1 rings (SSSR count). The van der Waals surface area contributed by atoms with Gasteiger partial charge in [-0.05, 0) is 19.4 Å². The van der Waals surface area contributed by atoms with Gasteiger partial charge < -0.3 is 5.73 Å². The average Bonchev–Trinajstić information content (AvgIpc) is 2.19. The third kappa shape index (κ3) is 3.90. The van der Waals surface area contributed by atoms with Crippen LogP contribution in [0.1, 0.15) is 18.1 Å². The molecule has 0 bridgehead atoms. The first-order valence-electron chi connectivity index (χ1n) is 5.25. The van der Waals surface area contributed by atoms with Crippen molar-refractivity contribution in [1.29, 1.82) is 0 Å². The van der Waals surface area contributed by atoms with E-state index in [4.69, 9.17) is 5.73 Å². The Morgan fingerprint density at radius 3 is 2.71 bits per heavy atom. The Labute approximate surface area is 103 Å². The van der Waals surface area contributed by atoms with E-state index in [0.717, 1.165) is 5.56 Å². The number of benzene rings is 1. The third-order valence-electron chi connectivity index (χ3n) is 2.38. The Kier molecular flexibility index (Phi) is 4.77. The lowest BCUT2D eigenvalue weighted by atomic mass is 10.1. The summed E-state index contributed by atoms with van der Waals surface area (Å²) in [6, 6.07) is 4.70. The molecular formula is C11H16N2O3S. The van der Waals surface area contributed by atoms with Gasteiger partial charge in [-0.15, -0.1) is 0 Å². The van der Waals surface area contributed by atoms with E-state index in [-0.39, 0.29) is 11.7 Å². The molecule has 6 heteroatoms. The molecule has 17 heavy (non-hydrogen) atoms. The maximum atomic E-state index is 11.7. The molecule has 1 aromatic rings. The van der Waals surface area contributed by atoms with Gasteiger partial charge in [-0.3, -0.25) is 14.3 Å². The van der Waals surface area contributed by atoms with Crippen LogP contribution < -0.4 is 5.73 Å². The highest BCUT2D eigenvalue weighted by Crippen LogP contribution is 2.22. The van der Waals surface area contributed by atoms with Crippen LogP contribution >= 0.6 is 0 Å². The molecule has 0 saturated carbocycles. The summed E-state index contributed by atoms with van der Waals surface area (Å²) >= 11 is 0. The fourth-order valence-corrected chi connectivity index (χ4v) is 2.91. The van der Waals surface area contributed by atoms with Gasteiger partial charge in [0, 0.05) is 40.0 Å². The van der Waals surface area contributed by atoms with Gasteiger partial charge in [0.15, 0.2) is 0 Å². The van der Waals surface area contributed by atoms with Crippen molar-refractivity contribution in [2.45, 2.75) is 25.6 Å². The molecule has 2 N–H and O–H groups in total. The van der Waals surface area contributed by atoms with Gasteiger partial charge >= 0.3 is 0 Å². The molecule has 0 aliphatic carbocycles. The van der Waals surface area contributed by atoms with E-state index in [1.165, 1.54) is 6.07 Å². The van der Waals surface area contributed by atoms with E-state index in [1.807, 2.05) is 0 Å². The summed E-state index contributed by atoms with van der Waals surface area (Å²) in [5.41, 5.74) is 6.96. The number of rotatable bonds is 5. The Morgan fingerprint density at radius 1 is 1.53 bits per heavy atom. The molecule has 5 nitrogen and oxygen atoms in total. The molecule has 0 saturated heterocycles. The lowest BCUT2D eigenvalue weighted by Gasteiger charge is -2.08. The van der Waals surface area contributed by atoms with E-state index in [2.05, 4.69) is 0 Å². The van der Waals surface area contributed by atoms with Gasteiger partial charge in [0.05, 0.1) is 4.92 Å². The highest BCUT2D eigenvalue weighted by atomic mass is 32.2. The van der Waals surface area contributed by atoms with Gasteiger partial charge in [-0.25, -0.2) is 0 Å². The van der Waals surface area contributed by atoms with E-state index in [9.17, 15) is 14.3 Å². The normalized spacial score (nSPS) is 14.3. The zero-order valence-corrected chi connectivity index (χ0v) is 10.7. The summed E-state index contributed by atoms with van der Waals surface area (Å²) in [7, 11) is -1.08. The van der Waals surface area contributed by atoms with E-state index < -0.39 is 15.7 Å². The second-order valence-corrected chi connectivity index (χ2v) is 5.55. The minimum Gasteiger partial charge on any atom is -0.327 e. The highest BCUT2D eigenvalue weighted by molar-refractivity contribution is 7.84. The summed E-state index contributed by atoms with van der Waals surface area (Å²) in [5, 5.41) is 10.7. The molecule has 0 fully saturated rings. The number of nitrogens with two attached hydrogens (primary N) is 1. The van der Waals surface area contributed by atoms with Crippen molar-refractivity contribution >= 4 is 16.5 Å². The van der Waals surface area contributed by atoms with Crippen molar-refractivity contribution in [2.24, 2.45) is 5.73 Å². The first-order chi connectivity index (χ1) is 7.91. The zero-order chi connectivity index (χ0) is 13.0. The summed E-state index contributed by atoms with van der Waals surface area (Å²) in [5.74, 6) is 0.719. The Hall–Kier alpha value is -1.27. The number of nitro groups is 1. The standard InChI is InChI=1S/C11H16N2O3S/c1-8(12)6-17(16)7-10-4-3-5-11(9(10)2)13(14)15/h3-5,8H,6-7,12H2,1-2H3. The molecule has 2 unspecified atom stereocenters. The number of hydrogen-bond acceptors (Lipinski definition) is 4. The number of nitro benzene ring substituents is 1. The second kappa shape index (κ2) is 5.88. The quantitative estimate of drug-likeness (QED) is 0.639. The predicted octanol–water partition coefficient (Wildman–Crippen LogP) is 1.50. The van der Waals surface area contributed by atoms with Crippen LogP contribution in [0.4, 0.5) is 5.69 Å². The van der Waals surface area contributed by atoms with Crippen molar-refractivity contribution in [1.82, 2.24) is 0 Å². The largest absolute Gasteiger partial charge is 0.327 e. The zero-order valence-electron chi connectivity index (χ0n) is 9.88. The molecule has 0 radical (unpaired) electrons. The van der Waals surface area contributed by atoms with Crippen LogP contribution in [-0.2, 0) is 16.6 Å². The Balaban J connectivity index is 2.89. The van der Waals surface area contributed by atoms with Crippen LogP contribution in [-0.4, -0.2) is 20.9 Å². The summed E-state index contributed by atoms with van der Waals surface area (Å²) in [6.45, 7) is 3.47. The Morgan fingerprint density at radius 2 is 2.18 bits per heavy atom. The molecule has 0 aliphatic heterocycles. The molecule has 0 heterocycles. The Bertz CT molecular complexity index is 446. The van der Waals surface area contributed by atoms with E-state index in [1.54, 1.807) is 26.0 Å². The first-order valence-corrected chi connectivity index (χ1v) is 6.74. The van der Waals surface area contributed by atoms with E-state index >= 15 is 0 Å². The third-order valence-corrected chi connectivity index (χ3v) is 3.91. The lowest BCUT2D eigenvalue weighted by Crippen LogP contribution is -2.23. The van der Waals surface area contributed by atoms with Crippen molar-refractivity contribution in [3.8, 4) is 0 Å². The maximum absolute atomic E-state index is 11.7. The predicted molar refractivity (Wildman–Crippen MR) is 68.2 cm³/mol. The molecule has 0 aliphatic rings. The monoisotopic (exact) mass is 256 g/mol. The molecule has 0 aromatic heterocycles. The van der Waals surface area contributed by atoms with Gasteiger partial charge in [0.2, 0.25) is 0 Å². The summed E-state index contributed by atoms with van der Waals surface area (Å²) < 4.78 is 11.7. The van der Waals surface area contributed by atoms with Crippen LogP contribution in [0.3, 0.4) is 0 Å². The molecule has 2 atom stereocenters. The average molecular weight is 256 g/mol. The lowest BCUT2D eigenvalue weighted by molar-refractivity contribution is -0.385. The summed E-state index contributed by atoms with van der Waals surface area (Å²) in [6.07, 6.45) is 0. The van der Waals surface area contributed by atoms with Crippen LogP contribution in [0, 0.1) is 17.0 Å². The van der Waals surface area contributed by atoms with Crippen LogP contribution in [0.15, 0.2) is 18.2 Å². The van der Waals surface area contributed by atoms with E-state index in [0.29, 0.717) is 17.1 Å². The van der Waals surface area contributed by atoms with Crippen LogP contribution in [0.25, 0.3) is 0 Å². The molecular weight excluding hydrogens is 240 g/mol. The number of nitrogens with zero attached hydrogens (tertiary/aromatic N) is 1. The molecule has 0 amide bonds. The first kappa shape index (κ1) is 13.8. The number of hydrogen-bond donors (Lipinski definition) is 1. The minimum absolute atomic E-state index is 0.0697. The second-order valence-electron chi connectivity index (χ2n) is 4.05. The van der Waals surface area contributed by atoms with Gasteiger partial charge in [-0.2, -0.15) is 0 Å². The van der Waals surface area contributed by atoms with Gasteiger partial charge in [-0.1, -0.05) is 12.1 Å². The van der Waals surface area contributed by atoms with Gasteiger partial charge in [0.25, 0.3) is 5.69 Å². The fraction of sp³-hybridized carbons (Fsp3) is 0.455. The van der Waals surface area contributed by atoms with Gasteiger partial charge in [0.1, 0.15) is 0 Å². The van der Waals surface area contributed by atoms with Crippen molar-refractivity contribution in [3.63, 3.8) is 0 Å². The SMILES string of the molecule is Cc1c(CS(=O)CC(C)N)cccc1[N+](=O)[O-]. The molecule has 1 aromatic carbocycles. The molecule has 94 valence electrons. The fourth-order valence-electron chi connectivity index (χ4n) is 1.55. The van der Waals surface area contributed by atoms with Crippen LogP contribution in [0.2, 0.25) is 0 Å². The smallest absolute Gasteiger partial charge is 0.272 e. The van der Waals surface area contributed by atoms with Crippen LogP contribution in [0.5, 0.6) is 0 Å². The highest BCUT2D eigenvalue weighted by Gasteiger charge is 2.15. The van der Waals surface area contributed by atoms with Crippen molar-refractivity contribution in [2.75, 3.05) is 5.75 Å².